The third-order valence-electron chi connectivity index (χ3n) is 5.46. The molecule has 0 saturated carbocycles. The maximum Gasteiger partial charge on any atom is 0.320 e. The second-order valence-electron chi connectivity index (χ2n) is 7.63. The van der Waals surface area contributed by atoms with Crippen LogP contribution in [0.1, 0.15) is 28.8 Å². The Balaban J connectivity index is 0.00000256. The van der Waals surface area contributed by atoms with Gasteiger partial charge in [0.2, 0.25) is 0 Å². The number of benzene rings is 2. The van der Waals surface area contributed by atoms with E-state index in [2.05, 4.69) is 4.90 Å². The average molecular weight is 487 g/mol. The van der Waals surface area contributed by atoms with Crippen molar-refractivity contribution in [2.45, 2.75) is 25.3 Å². The lowest BCUT2D eigenvalue weighted by atomic mass is 9.89. The maximum absolute atomic E-state index is 13.0. The Kier molecular flexibility index (Phi) is 11.6. The Hall–Kier alpha value is -2.19. The Morgan fingerprint density at radius 3 is 2.22 bits per heavy atom. The molecule has 0 spiro atoms. The number of carbonyl (C=O) groups is 2. The minimum Gasteiger partial charge on any atom is -0.492 e. The van der Waals surface area contributed by atoms with Crippen LogP contribution in [0.25, 0.3) is 0 Å². The average Bonchev–Trinajstić information content (AvgIpc) is 2.75. The molecule has 2 aromatic carbocycles. The van der Waals surface area contributed by atoms with Crippen LogP contribution in [0, 0.1) is 11.7 Å². The SMILES string of the molecule is Cl.Cl.N[C@@H](Cc1ccc(OCCN2CCC(C(=O)c3ccc(F)cc3)CC2)cc1)C(=O)O. The largest absolute Gasteiger partial charge is 0.492 e. The molecule has 6 nitrogen and oxygen atoms in total. The summed E-state index contributed by atoms with van der Waals surface area (Å²) in [6, 6.07) is 12.1. The molecule has 0 unspecified atom stereocenters. The maximum atomic E-state index is 13.0. The third-order valence-corrected chi connectivity index (χ3v) is 5.46. The lowest BCUT2D eigenvalue weighted by molar-refractivity contribution is -0.138. The van der Waals surface area contributed by atoms with Gasteiger partial charge >= 0.3 is 5.97 Å². The van der Waals surface area contributed by atoms with E-state index in [0.29, 0.717) is 12.2 Å². The second kappa shape index (κ2) is 13.4. The number of Topliss-reactive ketones (excluding diaryl/α,β-unsaturated/α-hetero) is 1. The minimum absolute atomic E-state index is 0. The number of carboxylic acid groups (broad SMARTS) is 1. The van der Waals surface area contributed by atoms with Gasteiger partial charge in [-0.3, -0.25) is 14.5 Å². The summed E-state index contributed by atoms with van der Waals surface area (Å²) >= 11 is 0. The minimum atomic E-state index is -1.02. The van der Waals surface area contributed by atoms with Gasteiger partial charge in [-0.15, -0.1) is 24.8 Å². The number of piperidine rings is 1. The van der Waals surface area contributed by atoms with Crippen LogP contribution in [0.3, 0.4) is 0 Å². The smallest absolute Gasteiger partial charge is 0.320 e. The molecule has 9 heteroatoms. The van der Waals surface area contributed by atoms with Gasteiger partial charge in [0.15, 0.2) is 5.78 Å². The lowest BCUT2D eigenvalue weighted by Crippen LogP contribution is -2.38. The molecule has 2 aromatic rings. The summed E-state index contributed by atoms with van der Waals surface area (Å²) in [6.45, 7) is 2.95. The monoisotopic (exact) mass is 486 g/mol. The van der Waals surface area contributed by atoms with Crippen LogP contribution in [-0.2, 0) is 11.2 Å². The van der Waals surface area contributed by atoms with Gasteiger partial charge in [-0.05, 0) is 74.3 Å². The van der Waals surface area contributed by atoms with Gasteiger partial charge < -0.3 is 15.6 Å². The molecule has 3 rings (SSSR count). The molecule has 1 fully saturated rings. The number of nitrogens with zero attached hydrogens (tertiary/aromatic N) is 1. The first-order valence-corrected chi connectivity index (χ1v) is 10.1. The summed E-state index contributed by atoms with van der Waals surface area (Å²) in [5, 5.41) is 8.87. The number of rotatable bonds is 9. The molecule has 1 aliphatic heterocycles. The quantitative estimate of drug-likeness (QED) is 0.526. The van der Waals surface area contributed by atoms with Gasteiger partial charge in [-0.1, -0.05) is 12.1 Å². The summed E-state index contributed by atoms with van der Waals surface area (Å²) in [5.41, 5.74) is 6.97. The van der Waals surface area contributed by atoms with Crippen molar-refractivity contribution < 1.29 is 23.8 Å². The first-order valence-electron chi connectivity index (χ1n) is 10.1. The molecule has 1 aliphatic rings. The molecule has 0 amide bonds. The fourth-order valence-electron chi connectivity index (χ4n) is 3.62. The highest BCUT2D eigenvalue weighted by Gasteiger charge is 2.25. The number of nitrogens with two attached hydrogens (primary N) is 1. The van der Waals surface area contributed by atoms with Gasteiger partial charge in [-0.2, -0.15) is 0 Å². The van der Waals surface area contributed by atoms with Gasteiger partial charge in [0.1, 0.15) is 24.2 Å². The zero-order valence-corrected chi connectivity index (χ0v) is 19.2. The van der Waals surface area contributed by atoms with Crippen LogP contribution in [-0.4, -0.2) is 54.0 Å². The number of hydrogen-bond donors (Lipinski definition) is 2. The van der Waals surface area contributed by atoms with Crippen molar-refractivity contribution in [1.82, 2.24) is 4.90 Å². The molecular formula is C23H29Cl2FN2O4. The first-order chi connectivity index (χ1) is 14.4. The van der Waals surface area contributed by atoms with Crippen LogP contribution in [0.2, 0.25) is 0 Å². The summed E-state index contributed by atoms with van der Waals surface area (Å²) in [7, 11) is 0. The van der Waals surface area contributed by atoms with E-state index in [0.717, 1.165) is 43.8 Å². The van der Waals surface area contributed by atoms with Crippen LogP contribution in [0.15, 0.2) is 48.5 Å². The van der Waals surface area contributed by atoms with Crippen molar-refractivity contribution in [2.75, 3.05) is 26.2 Å². The Morgan fingerprint density at radius 1 is 1.06 bits per heavy atom. The van der Waals surface area contributed by atoms with Crippen LogP contribution < -0.4 is 10.5 Å². The summed E-state index contributed by atoms with van der Waals surface area (Å²) in [6.07, 6.45) is 1.85. The standard InChI is InChI=1S/C23H27FN2O4.2ClH/c24-19-5-3-17(4-6-19)22(27)18-9-11-26(12-10-18)13-14-30-20-7-1-16(2-8-20)15-21(25)23(28)29;;/h1-8,18,21H,9-15,25H2,(H,28,29);2*1H/t21-;;/m0../s1. The van der Waals surface area contributed by atoms with Crippen molar-refractivity contribution in [2.24, 2.45) is 11.7 Å². The molecule has 1 saturated heterocycles. The Labute approximate surface area is 199 Å². The number of carboxylic acids is 1. The molecule has 1 atom stereocenters. The molecule has 3 N–H and O–H groups in total. The second-order valence-corrected chi connectivity index (χ2v) is 7.63. The highest BCUT2D eigenvalue weighted by molar-refractivity contribution is 5.97. The number of ketones is 1. The van der Waals surface area contributed by atoms with Crippen molar-refractivity contribution in [3.63, 3.8) is 0 Å². The van der Waals surface area contributed by atoms with Gasteiger partial charge in [0, 0.05) is 18.0 Å². The van der Waals surface area contributed by atoms with E-state index < -0.39 is 12.0 Å². The van der Waals surface area contributed by atoms with Crippen molar-refractivity contribution in [3.05, 3.63) is 65.5 Å². The van der Waals surface area contributed by atoms with E-state index >= 15 is 0 Å². The lowest BCUT2D eigenvalue weighted by Gasteiger charge is -2.31. The van der Waals surface area contributed by atoms with E-state index in [1.54, 1.807) is 12.1 Å². The number of ether oxygens (including phenoxy) is 1. The van der Waals surface area contributed by atoms with Gasteiger partial charge in [-0.25, -0.2) is 4.39 Å². The van der Waals surface area contributed by atoms with Crippen molar-refractivity contribution >= 4 is 36.6 Å². The Bertz CT molecular complexity index is 857. The molecule has 176 valence electrons. The highest BCUT2D eigenvalue weighted by atomic mass is 35.5. The van der Waals surface area contributed by atoms with E-state index in [1.807, 2.05) is 24.3 Å². The van der Waals surface area contributed by atoms with Crippen molar-refractivity contribution in [1.29, 1.82) is 0 Å². The predicted octanol–water partition coefficient (Wildman–Crippen LogP) is 3.60. The fourth-order valence-corrected chi connectivity index (χ4v) is 3.62. The molecule has 1 heterocycles. The molecule has 0 aromatic heterocycles. The number of hydrogen-bond acceptors (Lipinski definition) is 5. The highest BCUT2D eigenvalue weighted by Crippen LogP contribution is 2.22. The number of likely N-dealkylation sites (tertiary alicyclic amines) is 1. The number of aliphatic carboxylic acids is 1. The summed E-state index contributed by atoms with van der Waals surface area (Å²) < 4.78 is 18.8. The Morgan fingerprint density at radius 2 is 1.66 bits per heavy atom. The molecule has 32 heavy (non-hydrogen) atoms. The fraction of sp³-hybridized carbons (Fsp3) is 0.391. The summed E-state index contributed by atoms with van der Waals surface area (Å²) in [4.78, 5) is 25.6. The van der Waals surface area contributed by atoms with E-state index in [4.69, 9.17) is 15.6 Å². The molecule has 0 radical (unpaired) electrons. The van der Waals surface area contributed by atoms with Crippen LogP contribution in [0.5, 0.6) is 5.75 Å². The van der Waals surface area contributed by atoms with Crippen LogP contribution in [0.4, 0.5) is 4.39 Å². The normalized spacial score (nSPS) is 15.2. The van der Waals surface area contributed by atoms with E-state index in [-0.39, 0.29) is 48.8 Å². The van der Waals surface area contributed by atoms with E-state index in [1.165, 1.54) is 12.1 Å². The number of carbonyl (C=O) groups excluding carboxylic acids is 1. The van der Waals surface area contributed by atoms with Gasteiger partial charge in [0.25, 0.3) is 0 Å². The van der Waals surface area contributed by atoms with E-state index in [9.17, 15) is 14.0 Å². The number of halogens is 3. The third kappa shape index (κ3) is 8.06. The van der Waals surface area contributed by atoms with Crippen molar-refractivity contribution in [3.8, 4) is 5.75 Å². The molecule has 0 bridgehead atoms. The zero-order chi connectivity index (χ0) is 21.5. The molecular weight excluding hydrogens is 458 g/mol. The van der Waals surface area contributed by atoms with Gasteiger partial charge in [0.05, 0.1) is 0 Å². The first kappa shape index (κ1) is 27.8. The van der Waals surface area contributed by atoms with Crippen LogP contribution >= 0.6 is 24.8 Å². The zero-order valence-electron chi connectivity index (χ0n) is 17.6. The summed E-state index contributed by atoms with van der Waals surface area (Å²) in [5.74, 6) is -0.548. The predicted molar refractivity (Wildman–Crippen MR) is 126 cm³/mol. The molecule has 0 aliphatic carbocycles. The topological polar surface area (TPSA) is 92.9 Å².